The van der Waals surface area contributed by atoms with Gasteiger partial charge in [0.1, 0.15) is 0 Å². The molecule has 0 aliphatic carbocycles. The molecule has 0 unspecified atom stereocenters. The van der Waals surface area contributed by atoms with Crippen LogP contribution in [-0.4, -0.2) is 0 Å². The minimum Gasteiger partial charge on any atom is -0.0760 e. The van der Waals surface area contributed by atoms with E-state index >= 15 is 0 Å². The number of hydrogen-bond donors (Lipinski definition) is 0. The van der Waals surface area contributed by atoms with Crippen molar-refractivity contribution in [3.05, 3.63) is 47.5 Å². The lowest BCUT2D eigenvalue weighted by atomic mass is 10.1. The van der Waals surface area contributed by atoms with E-state index in [1.54, 1.807) is 0 Å². The summed E-state index contributed by atoms with van der Waals surface area (Å²) in [6.07, 6.45) is 10.5. The van der Waals surface area contributed by atoms with Crippen LogP contribution in [0, 0.1) is 13.0 Å². The highest BCUT2D eigenvalue weighted by Crippen LogP contribution is 2.05. The summed E-state index contributed by atoms with van der Waals surface area (Å²) < 4.78 is 0. The first kappa shape index (κ1) is 11.0. The molecule has 1 rings (SSSR count). The Morgan fingerprint density at radius 2 is 2.14 bits per heavy atom. The zero-order valence-electron chi connectivity index (χ0n) is 9.22. The highest BCUT2D eigenvalue weighted by atomic mass is 13.9. The Labute approximate surface area is 87.7 Å². The van der Waals surface area contributed by atoms with Crippen LogP contribution in [0.3, 0.4) is 0 Å². The summed E-state index contributed by atoms with van der Waals surface area (Å²) in [6.45, 7) is 4.34. The predicted molar refractivity (Wildman–Crippen MR) is 62.2 cm³/mol. The number of unbranched alkanes of at least 4 members (excludes halogenated alkanes) is 3. The third kappa shape index (κ3) is 4.27. The largest absolute Gasteiger partial charge is 0.0760 e. The van der Waals surface area contributed by atoms with Crippen molar-refractivity contribution in [2.45, 2.75) is 39.5 Å². The SMILES string of the molecule is CCCCC/C=[C]\c1cccc(C)c1. The molecule has 0 N–H and O–H groups in total. The fourth-order valence-corrected chi connectivity index (χ4v) is 1.42. The summed E-state index contributed by atoms with van der Waals surface area (Å²) in [5, 5.41) is 0. The molecule has 1 radical (unpaired) electrons. The molecule has 0 saturated carbocycles. The Morgan fingerprint density at radius 3 is 2.86 bits per heavy atom. The second-order valence-electron chi connectivity index (χ2n) is 3.71. The predicted octanol–water partition coefficient (Wildman–Crippen LogP) is 4.28. The standard InChI is InChI=1S/C14H19/c1-3-4-5-6-7-10-14-11-8-9-13(2)12-14/h7-9,11-12H,3-6H2,1-2H3. The van der Waals surface area contributed by atoms with Gasteiger partial charge in [-0.2, -0.15) is 0 Å². The average Bonchev–Trinajstić information content (AvgIpc) is 2.18. The molecule has 0 bridgehead atoms. The van der Waals surface area contributed by atoms with E-state index in [2.05, 4.69) is 50.3 Å². The van der Waals surface area contributed by atoms with Gasteiger partial charge < -0.3 is 0 Å². The highest BCUT2D eigenvalue weighted by Gasteiger charge is 1.87. The molecule has 0 saturated heterocycles. The van der Waals surface area contributed by atoms with Gasteiger partial charge in [-0.1, -0.05) is 55.7 Å². The Hall–Kier alpha value is -1.04. The average molecular weight is 187 g/mol. The molecule has 1 aromatic carbocycles. The Bertz CT molecular complexity index is 284. The van der Waals surface area contributed by atoms with Crippen molar-refractivity contribution in [2.24, 2.45) is 0 Å². The highest BCUT2D eigenvalue weighted by molar-refractivity contribution is 5.27. The van der Waals surface area contributed by atoms with Crippen LogP contribution < -0.4 is 0 Å². The van der Waals surface area contributed by atoms with Gasteiger partial charge >= 0.3 is 0 Å². The summed E-state index contributed by atoms with van der Waals surface area (Å²) in [5.74, 6) is 0. The van der Waals surface area contributed by atoms with Gasteiger partial charge in [0.25, 0.3) is 0 Å². The van der Waals surface area contributed by atoms with Crippen LogP contribution in [-0.2, 0) is 0 Å². The van der Waals surface area contributed by atoms with Crippen LogP contribution >= 0.6 is 0 Å². The monoisotopic (exact) mass is 187 g/mol. The van der Waals surface area contributed by atoms with Crippen molar-refractivity contribution < 1.29 is 0 Å². The van der Waals surface area contributed by atoms with E-state index < -0.39 is 0 Å². The van der Waals surface area contributed by atoms with Gasteiger partial charge in [0.2, 0.25) is 0 Å². The van der Waals surface area contributed by atoms with Crippen molar-refractivity contribution in [3.8, 4) is 0 Å². The molecule has 0 aliphatic heterocycles. The van der Waals surface area contributed by atoms with Crippen molar-refractivity contribution >= 4 is 0 Å². The maximum absolute atomic E-state index is 3.32. The number of rotatable bonds is 5. The van der Waals surface area contributed by atoms with E-state index in [1.807, 2.05) is 0 Å². The minimum atomic E-state index is 1.15. The van der Waals surface area contributed by atoms with Gasteiger partial charge in [-0.05, 0) is 31.4 Å². The van der Waals surface area contributed by atoms with Gasteiger partial charge in [0, 0.05) is 0 Å². The Morgan fingerprint density at radius 1 is 1.29 bits per heavy atom. The zero-order chi connectivity index (χ0) is 10.2. The molecule has 0 atom stereocenters. The molecule has 0 fully saturated rings. The summed E-state index contributed by atoms with van der Waals surface area (Å²) >= 11 is 0. The lowest BCUT2D eigenvalue weighted by Gasteiger charge is -1.95. The minimum absolute atomic E-state index is 1.15. The van der Waals surface area contributed by atoms with Crippen LogP contribution in [0.25, 0.3) is 0 Å². The molecule has 0 amide bonds. The first-order valence-electron chi connectivity index (χ1n) is 5.48. The molecule has 75 valence electrons. The van der Waals surface area contributed by atoms with Crippen molar-refractivity contribution in [1.82, 2.24) is 0 Å². The van der Waals surface area contributed by atoms with E-state index in [9.17, 15) is 0 Å². The van der Waals surface area contributed by atoms with Gasteiger partial charge in [0.05, 0.1) is 0 Å². The van der Waals surface area contributed by atoms with E-state index in [4.69, 9.17) is 0 Å². The fraction of sp³-hybridized carbons (Fsp3) is 0.429. The lowest BCUT2D eigenvalue weighted by Crippen LogP contribution is -1.77. The molecule has 0 spiro atoms. The van der Waals surface area contributed by atoms with Crippen LogP contribution in [0.1, 0.15) is 43.7 Å². The molecule has 0 heterocycles. The molecule has 0 nitrogen and oxygen atoms in total. The van der Waals surface area contributed by atoms with E-state index in [0.29, 0.717) is 0 Å². The topological polar surface area (TPSA) is 0 Å². The molecule has 1 aromatic rings. The summed E-state index contributed by atoms with van der Waals surface area (Å²) in [4.78, 5) is 0. The Balaban J connectivity index is 2.36. The van der Waals surface area contributed by atoms with Crippen molar-refractivity contribution in [3.63, 3.8) is 0 Å². The van der Waals surface area contributed by atoms with Crippen LogP contribution in [0.2, 0.25) is 0 Å². The van der Waals surface area contributed by atoms with Gasteiger partial charge in [-0.25, -0.2) is 0 Å². The van der Waals surface area contributed by atoms with Crippen LogP contribution in [0.5, 0.6) is 0 Å². The van der Waals surface area contributed by atoms with Crippen LogP contribution in [0.15, 0.2) is 30.3 Å². The van der Waals surface area contributed by atoms with Crippen molar-refractivity contribution in [2.75, 3.05) is 0 Å². The van der Waals surface area contributed by atoms with E-state index in [-0.39, 0.29) is 0 Å². The molecular formula is C14H19. The number of allylic oxidation sites excluding steroid dienone is 1. The second-order valence-corrected chi connectivity index (χ2v) is 3.71. The quantitative estimate of drug-likeness (QED) is 0.603. The molecule has 14 heavy (non-hydrogen) atoms. The van der Waals surface area contributed by atoms with E-state index in [1.165, 1.54) is 30.4 Å². The van der Waals surface area contributed by atoms with Gasteiger partial charge in [-0.3, -0.25) is 0 Å². The molecule has 0 heteroatoms. The smallest absolute Gasteiger partial charge is 0.0148 e. The summed E-state index contributed by atoms with van der Waals surface area (Å²) in [7, 11) is 0. The first-order valence-corrected chi connectivity index (χ1v) is 5.48. The number of benzene rings is 1. The first-order chi connectivity index (χ1) is 6.83. The molecule has 0 aromatic heterocycles. The van der Waals surface area contributed by atoms with Gasteiger partial charge in [-0.15, -0.1) is 0 Å². The maximum atomic E-state index is 3.32. The Kier molecular flexibility index (Phi) is 5.06. The zero-order valence-corrected chi connectivity index (χ0v) is 9.22. The maximum Gasteiger partial charge on any atom is -0.0148 e. The van der Waals surface area contributed by atoms with Gasteiger partial charge in [0.15, 0.2) is 0 Å². The molecule has 0 aliphatic rings. The normalized spacial score (nSPS) is 11.0. The van der Waals surface area contributed by atoms with E-state index in [0.717, 1.165) is 6.42 Å². The number of hydrogen-bond acceptors (Lipinski definition) is 0. The lowest BCUT2D eigenvalue weighted by molar-refractivity contribution is 0.728. The summed E-state index contributed by atoms with van der Waals surface area (Å²) in [6, 6.07) is 8.46. The third-order valence-electron chi connectivity index (χ3n) is 2.24. The summed E-state index contributed by atoms with van der Waals surface area (Å²) in [5.41, 5.74) is 2.50. The second kappa shape index (κ2) is 6.42. The third-order valence-corrected chi connectivity index (χ3v) is 2.24. The number of aryl methyl sites for hydroxylation is 1. The molecular weight excluding hydrogens is 168 g/mol. The fourth-order valence-electron chi connectivity index (χ4n) is 1.42. The van der Waals surface area contributed by atoms with Crippen LogP contribution in [0.4, 0.5) is 0 Å². The van der Waals surface area contributed by atoms with Crippen molar-refractivity contribution in [1.29, 1.82) is 0 Å².